The van der Waals surface area contributed by atoms with Gasteiger partial charge in [0.15, 0.2) is 4.91 Å². The smallest absolute Gasteiger partial charge is 0.247 e. The summed E-state index contributed by atoms with van der Waals surface area (Å²) in [5.41, 5.74) is 0.907. The number of halogens is 1. The molecule has 0 saturated carbocycles. The van der Waals surface area contributed by atoms with Crippen molar-refractivity contribution in [1.82, 2.24) is 9.62 Å². The van der Waals surface area contributed by atoms with E-state index in [-0.39, 0.29) is 23.4 Å². The summed E-state index contributed by atoms with van der Waals surface area (Å²) in [6.45, 7) is 3.10. The van der Waals surface area contributed by atoms with Crippen LogP contribution < -0.4 is 4.72 Å². The summed E-state index contributed by atoms with van der Waals surface area (Å²) < 4.78 is 29.2. The molecule has 0 spiro atoms. The first-order valence-electron chi connectivity index (χ1n) is 10.2. The van der Waals surface area contributed by atoms with Gasteiger partial charge in [-0.25, -0.2) is 13.1 Å². The topological polar surface area (TPSA) is 83.6 Å². The zero-order valence-electron chi connectivity index (χ0n) is 17.1. The maximum Gasteiger partial charge on any atom is 0.247 e. The first-order valence-corrected chi connectivity index (χ1v) is 12.1. The highest BCUT2D eigenvalue weighted by molar-refractivity contribution is 7.94. The third kappa shape index (κ3) is 4.18. The highest BCUT2D eigenvalue weighted by Gasteiger charge is 2.41. The van der Waals surface area contributed by atoms with Gasteiger partial charge in [-0.05, 0) is 30.4 Å². The number of hydrogen-bond donors (Lipinski definition) is 1. The lowest BCUT2D eigenvalue weighted by molar-refractivity contribution is 0.0932. The van der Waals surface area contributed by atoms with E-state index in [4.69, 9.17) is 11.6 Å². The summed E-state index contributed by atoms with van der Waals surface area (Å²) in [4.78, 5) is 28.0. The molecule has 1 aliphatic heterocycles. The third-order valence-electron chi connectivity index (χ3n) is 5.83. The van der Waals surface area contributed by atoms with Crippen LogP contribution in [0, 0.1) is 5.92 Å². The van der Waals surface area contributed by atoms with E-state index < -0.39 is 26.5 Å². The summed E-state index contributed by atoms with van der Waals surface area (Å²) in [6, 6.07) is 13.2. The van der Waals surface area contributed by atoms with Gasteiger partial charge in [0.1, 0.15) is 5.70 Å². The van der Waals surface area contributed by atoms with E-state index in [9.17, 15) is 18.0 Å². The van der Waals surface area contributed by atoms with Gasteiger partial charge in [0.05, 0.1) is 0 Å². The molecule has 1 saturated heterocycles. The van der Waals surface area contributed by atoms with Crippen molar-refractivity contribution in [3.05, 3.63) is 80.8 Å². The molecule has 8 heteroatoms. The zero-order valence-corrected chi connectivity index (χ0v) is 18.7. The molecule has 0 atom stereocenters. The Morgan fingerprint density at radius 2 is 1.55 bits per heavy atom. The summed E-state index contributed by atoms with van der Waals surface area (Å²) in [5, 5.41) is 0.417. The van der Waals surface area contributed by atoms with Crippen molar-refractivity contribution in [1.29, 1.82) is 0 Å². The minimum Gasteiger partial charge on any atom is -0.367 e. The van der Waals surface area contributed by atoms with Crippen LogP contribution in [-0.4, -0.2) is 38.0 Å². The van der Waals surface area contributed by atoms with E-state index in [0.29, 0.717) is 29.6 Å². The Morgan fingerprint density at radius 3 is 2.19 bits per heavy atom. The number of hydrogen-bond acceptors (Lipinski definition) is 5. The minimum absolute atomic E-state index is 0.0257. The quantitative estimate of drug-likeness (QED) is 0.737. The molecule has 1 N–H and O–H groups in total. The van der Waals surface area contributed by atoms with Crippen LogP contribution in [0.2, 0.25) is 5.02 Å². The van der Waals surface area contributed by atoms with Crippen LogP contribution in [0.1, 0.15) is 46.0 Å². The second-order valence-corrected chi connectivity index (χ2v) is 10.1. The second-order valence-electron chi connectivity index (χ2n) is 7.97. The number of rotatable bonds is 5. The SMILES string of the molecule is CC1CCN(C2=C(S(=O)(=O)NCc3ccccc3Cl)C(=O)c3ccccc3C2=O)CC1. The van der Waals surface area contributed by atoms with E-state index in [1.165, 1.54) is 6.07 Å². The van der Waals surface area contributed by atoms with Gasteiger partial charge in [0, 0.05) is 35.8 Å². The monoisotopic (exact) mass is 458 g/mol. The Balaban J connectivity index is 1.77. The fraction of sp³-hybridized carbons (Fsp3) is 0.304. The largest absolute Gasteiger partial charge is 0.367 e. The number of benzene rings is 2. The number of ketones is 2. The van der Waals surface area contributed by atoms with E-state index in [1.54, 1.807) is 47.4 Å². The number of carbonyl (C=O) groups excluding carboxylic acids is 2. The minimum atomic E-state index is -4.28. The number of nitrogens with one attached hydrogen (secondary N) is 1. The van der Waals surface area contributed by atoms with Crippen LogP contribution in [0.4, 0.5) is 0 Å². The van der Waals surface area contributed by atoms with Crippen LogP contribution in [0.5, 0.6) is 0 Å². The van der Waals surface area contributed by atoms with Gasteiger partial charge in [-0.3, -0.25) is 9.59 Å². The molecule has 2 aromatic rings. The van der Waals surface area contributed by atoms with Crippen molar-refractivity contribution in [2.45, 2.75) is 26.3 Å². The molecule has 2 aromatic carbocycles. The molecule has 162 valence electrons. The van der Waals surface area contributed by atoms with Crippen LogP contribution in [0.15, 0.2) is 59.1 Å². The Morgan fingerprint density at radius 1 is 0.968 bits per heavy atom. The van der Waals surface area contributed by atoms with Gasteiger partial charge in [0.25, 0.3) is 0 Å². The maximum atomic E-state index is 13.4. The number of carbonyl (C=O) groups is 2. The third-order valence-corrected chi connectivity index (χ3v) is 7.64. The molecule has 0 amide bonds. The predicted molar refractivity (Wildman–Crippen MR) is 119 cm³/mol. The molecule has 0 bridgehead atoms. The number of piperidine rings is 1. The van der Waals surface area contributed by atoms with Gasteiger partial charge >= 0.3 is 0 Å². The molecule has 1 aliphatic carbocycles. The number of likely N-dealkylation sites (tertiary alicyclic amines) is 1. The van der Waals surface area contributed by atoms with Gasteiger partial charge in [0.2, 0.25) is 21.6 Å². The molecular formula is C23H23ClN2O4S. The van der Waals surface area contributed by atoms with Crippen molar-refractivity contribution in [2.24, 2.45) is 5.92 Å². The Labute approximate surface area is 186 Å². The standard InChI is InChI=1S/C23H23ClN2O4S/c1-15-10-12-26(13-11-15)20-21(27)17-7-3-4-8-18(17)22(28)23(20)31(29,30)25-14-16-6-2-5-9-19(16)24/h2-9,15,25H,10-14H2,1H3. The summed E-state index contributed by atoms with van der Waals surface area (Å²) in [5.74, 6) is -0.602. The first kappa shape index (κ1) is 21.7. The van der Waals surface area contributed by atoms with E-state index in [1.807, 2.05) is 0 Å². The van der Waals surface area contributed by atoms with Gasteiger partial charge < -0.3 is 4.90 Å². The maximum absolute atomic E-state index is 13.4. The molecule has 4 rings (SSSR count). The van der Waals surface area contributed by atoms with Gasteiger partial charge in [-0.15, -0.1) is 0 Å². The van der Waals surface area contributed by atoms with Crippen LogP contribution >= 0.6 is 11.6 Å². The number of sulfonamides is 1. The number of allylic oxidation sites excluding steroid dienone is 2. The average Bonchev–Trinajstić information content (AvgIpc) is 2.76. The van der Waals surface area contributed by atoms with Crippen molar-refractivity contribution in [2.75, 3.05) is 13.1 Å². The molecule has 1 heterocycles. The Hall–Kier alpha value is -2.48. The van der Waals surface area contributed by atoms with E-state index in [0.717, 1.165) is 12.8 Å². The van der Waals surface area contributed by atoms with Gasteiger partial charge in [-0.1, -0.05) is 61.0 Å². The molecule has 2 aliphatic rings. The van der Waals surface area contributed by atoms with E-state index in [2.05, 4.69) is 11.6 Å². The summed E-state index contributed by atoms with van der Waals surface area (Å²) >= 11 is 6.15. The number of nitrogens with zero attached hydrogens (tertiary/aromatic N) is 1. The highest BCUT2D eigenvalue weighted by Crippen LogP contribution is 2.33. The molecule has 0 aromatic heterocycles. The van der Waals surface area contributed by atoms with Gasteiger partial charge in [-0.2, -0.15) is 0 Å². The first-order chi connectivity index (χ1) is 14.8. The molecule has 6 nitrogen and oxygen atoms in total. The van der Waals surface area contributed by atoms with Crippen molar-refractivity contribution >= 4 is 33.2 Å². The second kappa shape index (κ2) is 8.57. The number of Topliss-reactive ketones (excluding diaryl/α,β-unsaturated/α-hetero) is 2. The Bertz CT molecular complexity index is 1180. The van der Waals surface area contributed by atoms with Crippen molar-refractivity contribution in [3.63, 3.8) is 0 Å². The molecule has 0 unspecified atom stereocenters. The van der Waals surface area contributed by atoms with Crippen LogP contribution in [0.25, 0.3) is 0 Å². The lowest BCUT2D eigenvalue weighted by Crippen LogP contribution is -2.42. The van der Waals surface area contributed by atoms with Crippen molar-refractivity contribution < 1.29 is 18.0 Å². The summed E-state index contributed by atoms with van der Waals surface area (Å²) in [6.07, 6.45) is 1.65. The predicted octanol–water partition coefficient (Wildman–Crippen LogP) is 3.78. The average molecular weight is 459 g/mol. The fourth-order valence-electron chi connectivity index (χ4n) is 4.00. The lowest BCUT2D eigenvalue weighted by atomic mass is 9.90. The van der Waals surface area contributed by atoms with E-state index >= 15 is 0 Å². The Kier molecular flexibility index (Phi) is 6.01. The van der Waals surface area contributed by atoms with Crippen molar-refractivity contribution in [3.8, 4) is 0 Å². The lowest BCUT2D eigenvalue weighted by Gasteiger charge is -2.35. The normalized spacial score (nSPS) is 17.8. The molecule has 31 heavy (non-hydrogen) atoms. The fourth-order valence-corrected chi connectivity index (χ4v) is 5.52. The molecule has 0 radical (unpaired) electrons. The summed E-state index contributed by atoms with van der Waals surface area (Å²) in [7, 11) is -4.28. The van der Waals surface area contributed by atoms with Crippen LogP contribution in [-0.2, 0) is 16.6 Å². The zero-order chi connectivity index (χ0) is 22.2. The van der Waals surface area contributed by atoms with Crippen LogP contribution in [0.3, 0.4) is 0 Å². The molecule has 1 fully saturated rings. The molecular weight excluding hydrogens is 436 g/mol. The number of fused-ring (bicyclic) bond motifs is 1. The highest BCUT2D eigenvalue weighted by atomic mass is 35.5.